The summed E-state index contributed by atoms with van der Waals surface area (Å²) in [5, 5.41) is 7.03. The lowest BCUT2D eigenvalue weighted by molar-refractivity contribution is 0.162. The molecule has 1 aromatic rings. The molecular formula is C13H17N7O3S. The zero-order valence-corrected chi connectivity index (χ0v) is 13.9. The van der Waals surface area contributed by atoms with Gasteiger partial charge < -0.3 is 5.32 Å². The van der Waals surface area contributed by atoms with Gasteiger partial charge in [-0.05, 0) is 26.0 Å². The molecule has 0 aliphatic carbocycles. The average Bonchev–Trinajstić information content (AvgIpc) is 2.56. The minimum Gasteiger partial charge on any atom is -0.315 e. The second-order valence-corrected chi connectivity index (χ2v) is 5.68. The Balaban J connectivity index is 1.69. The number of rotatable bonds is 3. The van der Waals surface area contributed by atoms with Crippen LogP contribution in [0, 0.1) is 6.92 Å². The molecule has 1 aromatic carbocycles. The predicted octanol–water partition coefficient (Wildman–Crippen LogP) is 1.30. The normalized spacial score (nSPS) is 13.7. The van der Waals surface area contributed by atoms with Crippen LogP contribution in [0.5, 0.6) is 0 Å². The topological polar surface area (TPSA) is 127 Å². The fourth-order valence-corrected chi connectivity index (χ4v) is 2.05. The van der Waals surface area contributed by atoms with Gasteiger partial charge in [0.2, 0.25) is 0 Å². The van der Waals surface area contributed by atoms with Gasteiger partial charge in [0.25, 0.3) is 0 Å². The second-order valence-electron chi connectivity index (χ2n) is 4.90. The standard InChI is InChI=1S/C13H17N7O3S/c1-8-3-5-10(6-4-8)14-13(23)24-18-11(21)16-19-20-7-9(2)15-17-12(20)22/h3-6,19H,7H2,1-2H3,(H,14,23)(H,17,22)(H2,16,18,21). The van der Waals surface area contributed by atoms with Gasteiger partial charge in [0, 0.05) is 5.69 Å². The molecule has 128 valence electrons. The summed E-state index contributed by atoms with van der Waals surface area (Å²) in [6.45, 7) is 3.88. The van der Waals surface area contributed by atoms with E-state index in [1.54, 1.807) is 19.1 Å². The minimum absolute atomic E-state index is 0.215. The van der Waals surface area contributed by atoms with Gasteiger partial charge in [-0.25, -0.2) is 20.0 Å². The number of hydrazine groups is 2. The van der Waals surface area contributed by atoms with Crippen LogP contribution in [0.15, 0.2) is 29.4 Å². The maximum Gasteiger partial charge on any atom is 0.353 e. The first kappa shape index (κ1) is 17.6. The molecule has 0 saturated heterocycles. The molecule has 0 aromatic heterocycles. The zero-order chi connectivity index (χ0) is 17.5. The van der Waals surface area contributed by atoms with Crippen LogP contribution in [-0.2, 0) is 0 Å². The van der Waals surface area contributed by atoms with Gasteiger partial charge in [0.15, 0.2) is 0 Å². The number of hydrogen-bond donors (Lipinski definition) is 5. The Morgan fingerprint density at radius 2 is 1.96 bits per heavy atom. The third-order valence-electron chi connectivity index (χ3n) is 2.81. The summed E-state index contributed by atoms with van der Waals surface area (Å²) < 4.78 is 2.28. The monoisotopic (exact) mass is 351 g/mol. The van der Waals surface area contributed by atoms with Crippen molar-refractivity contribution in [2.24, 2.45) is 5.10 Å². The summed E-state index contributed by atoms with van der Waals surface area (Å²) in [6, 6.07) is 6.04. The molecule has 0 radical (unpaired) electrons. The van der Waals surface area contributed by atoms with Crippen LogP contribution >= 0.6 is 11.9 Å². The number of hydrazone groups is 1. The van der Waals surface area contributed by atoms with Crippen LogP contribution in [0.1, 0.15) is 12.5 Å². The van der Waals surface area contributed by atoms with Crippen LogP contribution < -0.4 is 26.4 Å². The van der Waals surface area contributed by atoms with Gasteiger partial charge in [-0.1, -0.05) is 17.7 Å². The molecule has 11 heteroatoms. The number of anilines is 1. The number of carbonyl (C=O) groups is 3. The van der Waals surface area contributed by atoms with Crippen LogP contribution in [-0.4, -0.2) is 34.6 Å². The van der Waals surface area contributed by atoms with E-state index in [-0.39, 0.29) is 6.54 Å². The Morgan fingerprint density at radius 1 is 1.25 bits per heavy atom. The van der Waals surface area contributed by atoms with E-state index in [2.05, 4.69) is 31.5 Å². The first-order valence-corrected chi connectivity index (χ1v) is 7.72. The molecule has 24 heavy (non-hydrogen) atoms. The smallest absolute Gasteiger partial charge is 0.315 e. The van der Waals surface area contributed by atoms with E-state index in [1.807, 2.05) is 19.1 Å². The Bertz CT molecular complexity index is 662. The van der Waals surface area contributed by atoms with Crippen molar-refractivity contribution in [2.75, 3.05) is 11.9 Å². The molecule has 2 rings (SSSR count). The Hall–Kier alpha value is -2.79. The number of urea groups is 2. The first-order valence-electron chi connectivity index (χ1n) is 6.91. The average molecular weight is 351 g/mol. The Morgan fingerprint density at radius 3 is 2.67 bits per heavy atom. The summed E-state index contributed by atoms with van der Waals surface area (Å²) in [5.41, 5.74) is 9.27. The van der Waals surface area contributed by atoms with Crippen molar-refractivity contribution in [2.45, 2.75) is 13.8 Å². The van der Waals surface area contributed by atoms with E-state index in [9.17, 15) is 14.4 Å². The van der Waals surface area contributed by atoms with Crippen LogP contribution in [0.2, 0.25) is 0 Å². The summed E-state index contributed by atoms with van der Waals surface area (Å²) in [7, 11) is 0. The number of nitrogens with zero attached hydrogens (tertiary/aromatic N) is 2. The fraction of sp³-hybridized carbons (Fsp3) is 0.231. The molecule has 1 heterocycles. The van der Waals surface area contributed by atoms with Gasteiger partial charge in [0.1, 0.15) is 0 Å². The van der Waals surface area contributed by atoms with Gasteiger partial charge in [-0.3, -0.25) is 14.9 Å². The Labute approximate surface area is 142 Å². The second kappa shape index (κ2) is 8.17. The molecule has 0 bridgehead atoms. The molecule has 1 aliphatic heterocycles. The van der Waals surface area contributed by atoms with Crippen molar-refractivity contribution in [1.82, 2.24) is 26.1 Å². The van der Waals surface area contributed by atoms with E-state index in [0.717, 1.165) is 10.6 Å². The third kappa shape index (κ3) is 5.44. The quantitative estimate of drug-likeness (QED) is 0.414. The maximum absolute atomic E-state index is 11.7. The predicted molar refractivity (Wildman–Crippen MR) is 90.9 cm³/mol. The molecule has 5 amide bonds. The molecule has 0 fully saturated rings. The fourth-order valence-electron chi connectivity index (χ4n) is 1.65. The van der Waals surface area contributed by atoms with Crippen LogP contribution in [0.4, 0.5) is 20.1 Å². The van der Waals surface area contributed by atoms with Crippen molar-refractivity contribution < 1.29 is 14.4 Å². The highest BCUT2D eigenvalue weighted by Crippen LogP contribution is 2.11. The third-order valence-corrected chi connectivity index (χ3v) is 3.39. The highest BCUT2D eigenvalue weighted by Gasteiger charge is 2.19. The summed E-state index contributed by atoms with van der Waals surface area (Å²) in [5.74, 6) is 0. The van der Waals surface area contributed by atoms with E-state index in [1.165, 1.54) is 0 Å². The molecular weight excluding hydrogens is 334 g/mol. The number of nitrogens with one attached hydrogen (secondary N) is 5. The van der Waals surface area contributed by atoms with Crippen molar-refractivity contribution in [3.05, 3.63) is 29.8 Å². The SMILES string of the molecule is CC1=NNC(=O)N(NNC(=O)NSC(=O)Nc2ccc(C)cc2)C1. The van der Waals surface area contributed by atoms with E-state index < -0.39 is 17.3 Å². The number of hydrogen-bond acceptors (Lipinski definition) is 6. The van der Waals surface area contributed by atoms with Crippen molar-refractivity contribution in [1.29, 1.82) is 0 Å². The van der Waals surface area contributed by atoms with E-state index >= 15 is 0 Å². The molecule has 0 saturated carbocycles. The number of carbonyl (C=O) groups excluding carboxylic acids is 3. The van der Waals surface area contributed by atoms with Crippen molar-refractivity contribution >= 4 is 40.6 Å². The minimum atomic E-state index is -0.688. The van der Waals surface area contributed by atoms with Crippen LogP contribution in [0.3, 0.4) is 0 Å². The highest BCUT2D eigenvalue weighted by atomic mass is 32.2. The molecule has 0 spiro atoms. The zero-order valence-electron chi connectivity index (χ0n) is 13.0. The van der Waals surface area contributed by atoms with Gasteiger partial charge in [-0.15, -0.1) is 5.53 Å². The molecule has 5 N–H and O–H groups in total. The van der Waals surface area contributed by atoms with Crippen molar-refractivity contribution in [3.8, 4) is 0 Å². The summed E-state index contributed by atoms with van der Waals surface area (Å²) in [4.78, 5) is 34.8. The van der Waals surface area contributed by atoms with Gasteiger partial charge >= 0.3 is 17.3 Å². The van der Waals surface area contributed by atoms with Gasteiger partial charge in [0.05, 0.1) is 24.2 Å². The molecule has 1 aliphatic rings. The summed E-state index contributed by atoms with van der Waals surface area (Å²) in [6.07, 6.45) is 0. The molecule has 0 unspecified atom stereocenters. The number of benzene rings is 1. The lowest BCUT2D eigenvalue weighted by Crippen LogP contribution is -2.59. The lowest BCUT2D eigenvalue weighted by Gasteiger charge is -2.25. The molecule has 10 nitrogen and oxygen atoms in total. The van der Waals surface area contributed by atoms with E-state index in [4.69, 9.17) is 0 Å². The largest absolute Gasteiger partial charge is 0.353 e. The van der Waals surface area contributed by atoms with Gasteiger partial charge in [-0.2, -0.15) is 5.10 Å². The number of amides is 5. The van der Waals surface area contributed by atoms with E-state index in [0.29, 0.717) is 23.3 Å². The maximum atomic E-state index is 11.7. The molecule has 0 atom stereocenters. The first-order chi connectivity index (χ1) is 11.4. The Kier molecular flexibility index (Phi) is 5.98. The van der Waals surface area contributed by atoms with Crippen LogP contribution in [0.25, 0.3) is 0 Å². The summed E-state index contributed by atoms with van der Waals surface area (Å²) >= 11 is 0.577. The lowest BCUT2D eigenvalue weighted by atomic mass is 10.2. The van der Waals surface area contributed by atoms with Crippen molar-refractivity contribution in [3.63, 3.8) is 0 Å². The highest BCUT2D eigenvalue weighted by molar-refractivity contribution is 8.12. The number of aryl methyl sites for hydroxylation is 1.